The third-order valence-electron chi connectivity index (χ3n) is 5.84. The van der Waals surface area contributed by atoms with Crippen molar-refractivity contribution in [3.63, 3.8) is 0 Å². The molecule has 1 aliphatic heterocycles. The lowest BCUT2D eigenvalue weighted by atomic mass is 9.98. The molecular formula is C23H26N4O3S. The second-order valence-electron chi connectivity index (χ2n) is 8.04. The van der Waals surface area contributed by atoms with Gasteiger partial charge in [0.2, 0.25) is 5.91 Å². The van der Waals surface area contributed by atoms with E-state index < -0.39 is 5.91 Å². The number of thiophene rings is 1. The van der Waals surface area contributed by atoms with Gasteiger partial charge < -0.3 is 10.6 Å². The molecule has 0 aliphatic carbocycles. The van der Waals surface area contributed by atoms with Crippen LogP contribution in [0.2, 0.25) is 0 Å². The summed E-state index contributed by atoms with van der Waals surface area (Å²) in [7, 11) is 0. The summed E-state index contributed by atoms with van der Waals surface area (Å²) < 4.78 is 2.25. The molecule has 3 heterocycles. The summed E-state index contributed by atoms with van der Waals surface area (Å²) in [4.78, 5) is 40.0. The minimum atomic E-state index is -0.432. The van der Waals surface area contributed by atoms with Gasteiger partial charge in [-0.15, -0.1) is 11.3 Å². The summed E-state index contributed by atoms with van der Waals surface area (Å²) in [6, 6.07) is 10.9. The summed E-state index contributed by atoms with van der Waals surface area (Å²) in [6.07, 6.45) is 4.42. The molecule has 0 bridgehead atoms. The number of hydrogen-bond donors (Lipinski definition) is 1. The molecule has 1 saturated heterocycles. The van der Waals surface area contributed by atoms with Crippen molar-refractivity contribution >= 4 is 33.2 Å². The summed E-state index contributed by atoms with van der Waals surface area (Å²) in [5.41, 5.74) is 7.01. The van der Waals surface area contributed by atoms with Crippen molar-refractivity contribution in [1.29, 1.82) is 0 Å². The minimum absolute atomic E-state index is 0.0494. The molecule has 2 aromatic heterocycles. The predicted octanol–water partition coefficient (Wildman–Crippen LogP) is 2.88. The number of fused-ring (bicyclic) bond motifs is 1. The van der Waals surface area contributed by atoms with Crippen LogP contribution in [0, 0.1) is 6.92 Å². The quantitative estimate of drug-likeness (QED) is 0.662. The van der Waals surface area contributed by atoms with E-state index in [1.807, 2.05) is 29.2 Å². The van der Waals surface area contributed by atoms with Gasteiger partial charge in [0.05, 0.1) is 10.6 Å². The highest BCUT2D eigenvalue weighted by Crippen LogP contribution is 2.33. The highest BCUT2D eigenvalue weighted by Gasteiger charge is 2.29. The molecule has 4 rings (SSSR count). The van der Waals surface area contributed by atoms with Crippen LogP contribution in [0.15, 0.2) is 41.2 Å². The van der Waals surface area contributed by atoms with Crippen LogP contribution in [-0.2, 0) is 17.8 Å². The summed E-state index contributed by atoms with van der Waals surface area (Å²) in [5.74, 6) is -0.550. The van der Waals surface area contributed by atoms with E-state index in [0.29, 0.717) is 23.5 Å². The van der Waals surface area contributed by atoms with Crippen molar-refractivity contribution in [1.82, 2.24) is 14.7 Å². The molecule has 2 amide bonds. The van der Waals surface area contributed by atoms with Crippen LogP contribution in [0.1, 0.15) is 46.6 Å². The molecule has 0 saturated carbocycles. The number of aromatic nitrogens is 2. The fraction of sp³-hybridized carbons (Fsp3) is 0.391. The zero-order valence-corrected chi connectivity index (χ0v) is 18.4. The molecule has 8 heteroatoms. The zero-order chi connectivity index (χ0) is 22.0. The SMILES string of the molecule is Cc1ccc(=O)n(CC(=O)N2CCCCC[C@@H]2Cc2c(C(N)=O)sc3ccccc23)n1. The van der Waals surface area contributed by atoms with Crippen LogP contribution in [-0.4, -0.2) is 39.1 Å². The van der Waals surface area contributed by atoms with Crippen LogP contribution < -0.4 is 11.3 Å². The zero-order valence-electron chi connectivity index (χ0n) is 17.5. The van der Waals surface area contributed by atoms with Gasteiger partial charge in [0.25, 0.3) is 11.5 Å². The highest BCUT2D eigenvalue weighted by atomic mass is 32.1. The number of carbonyl (C=O) groups excluding carboxylic acids is 2. The molecule has 0 unspecified atom stereocenters. The number of carbonyl (C=O) groups is 2. The number of nitrogens with zero attached hydrogens (tertiary/aromatic N) is 3. The van der Waals surface area contributed by atoms with E-state index in [1.165, 1.54) is 22.1 Å². The lowest BCUT2D eigenvalue weighted by Crippen LogP contribution is -2.44. The number of rotatable bonds is 5. The topological polar surface area (TPSA) is 98.3 Å². The van der Waals surface area contributed by atoms with E-state index in [0.717, 1.165) is 41.3 Å². The molecule has 3 aromatic rings. The predicted molar refractivity (Wildman–Crippen MR) is 121 cm³/mol. The molecule has 2 N–H and O–H groups in total. The fourth-order valence-corrected chi connectivity index (χ4v) is 5.42. The largest absolute Gasteiger partial charge is 0.365 e. The third kappa shape index (κ3) is 4.54. The van der Waals surface area contributed by atoms with E-state index in [9.17, 15) is 14.4 Å². The van der Waals surface area contributed by atoms with Gasteiger partial charge in [-0.1, -0.05) is 31.0 Å². The van der Waals surface area contributed by atoms with Gasteiger partial charge in [-0.25, -0.2) is 4.68 Å². The third-order valence-corrected chi connectivity index (χ3v) is 7.07. The Labute approximate surface area is 184 Å². The van der Waals surface area contributed by atoms with Gasteiger partial charge in [-0.2, -0.15) is 5.10 Å². The van der Waals surface area contributed by atoms with Crippen molar-refractivity contribution in [3.05, 3.63) is 62.9 Å². The summed E-state index contributed by atoms with van der Waals surface area (Å²) in [6.45, 7) is 2.35. The van der Waals surface area contributed by atoms with Gasteiger partial charge >= 0.3 is 0 Å². The first-order valence-electron chi connectivity index (χ1n) is 10.6. The Hall–Kier alpha value is -3.00. The summed E-state index contributed by atoms with van der Waals surface area (Å²) >= 11 is 1.41. The Bertz CT molecular complexity index is 1180. The average molecular weight is 439 g/mol. The maximum atomic E-state index is 13.2. The molecule has 0 radical (unpaired) electrons. The monoisotopic (exact) mass is 438 g/mol. The normalized spacial score (nSPS) is 16.9. The second-order valence-corrected chi connectivity index (χ2v) is 9.09. The van der Waals surface area contributed by atoms with E-state index >= 15 is 0 Å². The molecule has 0 spiro atoms. The smallest absolute Gasteiger partial charge is 0.267 e. The van der Waals surface area contributed by atoms with E-state index in [2.05, 4.69) is 5.10 Å². The van der Waals surface area contributed by atoms with Crippen molar-refractivity contribution in [3.8, 4) is 0 Å². The van der Waals surface area contributed by atoms with Crippen molar-refractivity contribution in [2.45, 2.75) is 51.6 Å². The van der Waals surface area contributed by atoms with Gasteiger partial charge in [-0.05, 0) is 49.3 Å². The lowest BCUT2D eigenvalue weighted by Gasteiger charge is -2.30. The number of benzene rings is 1. The van der Waals surface area contributed by atoms with Gasteiger partial charge in [0, 0.05) is 23.4 Å². The first-order valence-corrected chi connectivity index (χ1v) is 11.4. The first kappa shape index (κ1) is 21.2. The number of primary amides is 1. The fourth-order valence-electron chi connectivity index (χ4n) is 4.34. The van der Waals surface area contributed by atoms with Gasteiger partial charge in [-0.3, -0.25) is 14.4 Å². The molecule has 1 aromatic carbocycles. The molecule has 162 valence electrons. The van der Waals surface area contributed by atoms with Crippen molar-refractivity contribution in [2.24, 2.45) is 5.73 Å². The van der Waals surface area contributed by atoms with Gasteiger partial charge in [0.15, 0.2) is 0 Å². The Morgan fingerprint density at radius 2 is 1.97 bits per heavy atom. The lowest BCUT2D eigenvalue weighted by molar-refractivity contribution is -0.134. The van der Waals surface area contributed by atoms with Crippen LogP contribution >= 0.6 is 11.3 Å². The van der Waals surface area contributed by atoms with E-state index in [4.69, 9.17) is 5.73 Å². The average Bonchev–Trinajstić information content (AvgIpc) is 2.94. The van der Waals surface area contributed by atoms with Crippen molar-refractivity contribution in [2.75, 3.05) is 6.54 Å². The van der Waals surface area contributed by atoms with E-state index in [-0.39, 0.29) is 24.1 Å². The molecule has 1 aliphatic rings. The number of hydrogen-bond acceptors (Lipinski definition) is 5. The summed E-state index contributed by atoms with van der Waals surface area (Å²) in [5, 5.41) is 5.23. The standard InChI is InChI=1S/C23H26N4O3S/c1-15-10-11-20(28)27(25-15)14-21(29)26-12-6-2-3-7-16(26)13-18-17-8-4-5-9-19(17)31-22(18)23(24)30/h4-5,8-11,16H,2-3,6-7,12-14H2,1H3,(H2,24,30)/t16-/m1/s1. The Kier molecular flexibility index (Phi) is 6.18. The molecule has 7 nitrogen and oxygen atoms in total. The molecular weight excluding hydrogens is 412 g/mol. The van der Waals surface area contributed by atoms with Crippen LogP contribution in [0.3, 0.4) is 0 Å². The van der Waals surface area contributed by atoms with Crippen LogP contribution in [0.5, 0.6) is 0 Å². The van der Waals surface area contributed by atoms with Gasteiger partial charge in [0.1, 0.15) is 6.54 Å². The molecule has 1 atom stereocenters. The Morgan fingerprint density at radius 3 is 2.77 bits per heavy atom. The second kappa shape index (κ2) is 9.01. The highest BCUT2D eigenvalue weighted by molar-refractivity contribution is 7.21. The number of likely N-dealkylation sites (tertiary alicyclic amines) is 1. The maximum absolute atomic E-state index is 13.2. The first-order chi connectivity index (χ1) is 14.9. The van der Waals surface area contributed by atoms with Crippen LogP contribution in [0.4, 0.5) is 0 Å². The Balaban J connectivity index is 1.65. The minimum Gasteiger partial charge on any atom is -0.365 e. The number of nitrogens with two attached hydrogens (primary N) is 1. The number of amides is 2. The van der Waals surface area contributed by atoms with Crippen LogP contribution in [0.25, 0.3) is 10.1 Å². The molecule has 1 fully saturated rings. The maximum Gasteiger partial charge on any atom is 0.267 e. The number of aryl methyl sites for hydroxylation is 1. The van der Waals surface area contributed by atoms with E-state index in [1.54, 1.807) is 13.0 Å². The molecule has 31 heavy (non-hydrogen) atoms. The van der Waals surface area contributed by atoms with Crippen molar-refractivity contribution < 1.29 is 9.59 Å². The Morgan fingerprint density at radius 1 is 1.16 bits per heavy atom.